The fraction of sp³-hybridized carbons (Fsp3) is 0.263. The Morgan fingerprint density at radius 2 is 2.07 bits per heavy atom. The molecule has 28 heavy (non-hydrogen) atoms. The number of likely N-dealkylation sites (N-methyl/N-ethyl adjacent to an activating group) is 1. The van der Waals surface area contributed by atoms with Crippen LogP contribution in [0.2, 0.25) is 0 Å². The van der Waals surface area contributed by atoms with Crippen LogP contribution in [0.15, 0.2) is 52.5 Å². The molecule has 1 amide bonds. The number of halogens is 3. The first-order chi connectivity index (χ1) is 13.3. The molecule has 1 aromatic carbocycles. The Labute approximate surface area is 163 Å². The molecule has 0 bridgehead atoms. The van der Waals surface area contributed by atoms with E-state index in [2.05, 4.69) is 10.3 Å². The van der Waals surface area contributed by atoms with E-state index in [1.54, 1.807) is 12.3 Å². The second-order valence-corrected chi connectivity index (χ2v) is 7.18. The van der Waals surface area contributed by atoms with Crippen molar-refractivity contribution in [2.75, 3.05) is 20.6 Å². The summed E-state index contributed by atoms with van der Waals surface area (Å²) < 4.78 is 44.0. The van der Waals surface area contributed by atoms with Crippen molar-refractivity contribution in [2.45, 2.75) is 12.2 Å². The number of nitrogens with one attached hydrogen (secondary N) is 1. The maximum atomic E-state index is 12.9. The lowest BCUT2D eigenvalue weighted by molar-refractivity contribution is -0.137. The first-order valence-electron chi connectivity index (χ1n) is 8.37. The van der Waals surface area contributed by atoms with Crippen LogP contribution in [0.4, 0.5) is 13.2 Å². The predicted molar refractivity (Wildman–Crippen MR) is 100 cm³/mol. The molecule has 0 spiro atoms. The van der Waals surface area contributed by atoms with E-state index in [0.29, 0.717) is 22.9 Å². The summed E-state index contributed by atoms with van der Waals surface area (Å²) in [4.78, 5) is 18.5. The van der Waals surface area contributed by atoms with Crippen LogP contribution in [-0.4, -0.2) is 36.4 Å². The summed E-state index contributed by atoms with van der Waals surface area (Å²) in [6.45, 7) is 0.301. The highest BCUT2D eigenvalue weighted by Crippen LogP contribution is 2.33. The zero-order valence-electron chi connectivity index (χ0n) is 15.2. The highest BCUT2D eigenvalue weighted by Gasteiger charge is 2.30. The van der Waals surface area contributed by atoms with Gasteiger partial charge in [-0.15, -0.1) is 11.3 Å². The lowest BCUT2D eigenvalue weighted by Gasteiger charge is -2.22. The summed E-state index contributed by atoms with van der Waals surface area (Å²) in [6, 6.07) is 8.33. The number of carbonyl (C=O) groups excluding carboxylic acids is 1. The second kappa shape index (κ2) is 8.15. The molecule has 9 heteroatoms. The quantitative estimate of drug-likeness (QED) is 0.653. The van der Waals surface area contributed by atoms with Gasteiger partial charge in [-0.25, -0.2) is 4.98 Å². The molecule has 0 radical (unpaired) electrons. The van der Waals surface area contributed by atoms with Crippen LogP contribution in [0.1, 0.15) is 27.9 Å². The number of nitrogens with zero attached hydrogens (tertiary/aromatic N) is 2. The average molecular weight is 409 g/mol. The maximum Gasteiger partial charge on any atom is 0.416 e. The lowest BCUT2D eigenvalue weighted by atomic mass is 10.1. The van der Waals surface area contributed by atoms with Crippen LogP contribution in [0, 0.1) is 0 Å². The molecule has 0 saturated carbocycles. The van der Waals surface area contributed by atoms with Crippen molar-refractivity contribution in [1.82, 2.24) is 15.2 Å². The van der Waals surface area contributed by atoms with Gasteiger partial charge in [-0.3, -0.25) is 9.69 Å². The van der Waals surface area contributed by atoms with Gasteiger partial charge < -0.3 is 9.73 Å². The van der Waals surface area contributed by atoms with E-state index in [-0.39, 0.29) is 11.7 Å². The molecule has 0 aliphatic rings. The Hall–Kier alpha value is -2.65. The Morgan fingerprint density at radius 1 is 1.29 bits per heavy atom. The summed E-state index contributed by atoms with van der Waals surface area (Å²) >= 11 is 1.12. The normalized spacial score (nSPS) is 12.9. The van der Waals surface area contributed by atoms with Crippen molar-refractivity contribution in [2.24, 2.45) is 0 Å². The molecule has 2 heterocycles. The van der Waals surface area contributed by atoms with Gasteiger partial charge in [-0.1, -0.05) is 12.1 Å². The van der Waals surface area contributed by atoms with Gasteiger partial charge in [0.1, 0.15) is 16.5 Å². The number of amides is 1. The van der Waals surface area contributed by atoms with E-state index in [1.165, 1.54) is 17.5 Å². The van der Waals surface area contributed by atoms with Crippen LogP contribution in [0.5, 0.6) is 0 Å². The molecule has 0 aliphatic carbocycles. The summed E-state index contributed by atoms with van der Waals surface area (Å²) in [5, 5.41) is 4.68. The fourth-order valence-electron chi connectivity index (χ4n) is 2.64. The highest BCUT2D eigenvalue weighted by molar-refractivity contribution is 7.13. The molecule has 1 unspecified atom stereocenters. The molecule has 0 fully saturated rings. The smallest absolute Gasteiger partial charge is 0.416 e. The van der Waals surface area contributed by atoms with E-state index in [0.717, 1.165) is 23.5 Å². The number of alkyl halides is 3. The summed E-state index contributed by atoms with van der Waals surface area (Å²) in [5.41, 5.74) is -0.270. The molecule has 5 nitrogen and oxygen atoms in total. The number of aromatic nitrogens is 1. The fourth-order valence-corrected chi connectivity index (χ4v) is 3.43. The highest BCUT2D eigenvalue weighted by atomic mass is 32.1. The summed E-state index contributed by atoms with van der Waals surface area (Å²) in [6.07, 6.45) is -2.87. The molecule has 2 aromatic heterocycles. The Kier molecular flexibility index (Phi) is 5.85. The van der Waals surface area contributed by atoms with Crippen molar-refractivity contribution in [3.8, 4) is 10.6 Å². The first kappa shape index (κ1) is 20.1. The molecule has 3 aromatic rings. The zero-order valence-corrected chi connectivity index (χ0v) is 16.0. The monoisotopic (exact) mass is 409 g/mol. The predicted octanol–water partition coefficient (Wildman–Crippen LogP) is 4.45. The van der Waals surface area contributed by atoms with E-state index in [1.807, 2.05) is 25.1 Å². The second-order valence-electron chi connectivity index (χ2n) is 6.32. The number of hydrogen-bond donors (Lipinski definition) is 1. The van der Waals surface area contributed by atoms with Gasteiger partial charge in [0.05, 0.1) is 17.9 Å². The first-order valence-corrected chi connectivity index (χ1v) is 9.25. The number of rotatable bonds is 6. The topological polar surface area (TPSA) is 58.4 Å². The molecule has 3 rings (SSSR count). The van der Waals surface area contributed by atoms with Crippen LogP contribution in [-0.2, 0) is 6.18 Å². The number of carbonyl (C=O) groups is 1. The molecular weight excluding hydrogens is 391 g/mol. The van der Waals surface area contributed by atoms with Gasteiger partial charge in [-0.2, -0.15) is 13.2 Å². The van der Waals surface area contributed by atoms with Crippen LogP contribution in [0.25, 0.3) is 10.6 Å². The van der Waals surface area contributed by atoms with Crippen LogP contribution in [0.3, 0.4) is 0 Å². The van der Waals surface area contributed by atoms with Crippen LogP contribution < -0.4 is 5.32 Å². The van der Waals surface area contributed by atoms with Crippen molar-refractivity contribution in [3.63, 3.8) is 0 Å². The summed E-state index contributed by atoms with van der Waals surface area (Å²) in [7, 11) is 3.74. The number of hydrogen-bond acceptors (Lipinski definition) is 5. The number of thiazole rings is 1. The van der Waals surface area contributed by atoms with Gasteiger partial charge in [0.25, 0.3) is 5.91 Å². The Balaban J connectivity index is 1.71. The van der Waals surface area contributed by atoms with E-state index in [9.17, 15) is 18.0 Å². The van der Waals surface area contributed by atoms with Gasteiger partial charge in [0.2, 0.25) is 0 Å². The Bertz CT molecular complexity index is 936. The zero-order chi connectivity index (χ0) is 20.3. The van der Waals surface area contributed by atoms with E-state index in [4.69, 9.17) is 4.42 Å². The van der Waals surface area contributed by atoms with E-state index >= 15 is 0 Å². The molecule has 1 atom stereocenters. The van der Waals surface area contributed by atoms with Gasteiger partial charge in [0.15, 0.2) is 0 Å². The van der Waals surface area contributed by atoms with Crippen molar-refractivity contribution in [3.05, 3.63) is 65.1 Å². The SMILES string of the molecule is CN(C)C(CNC(=O)c1csc(-c2cccc(C(F)(F)F)c2)n1)c1ccco1. The maximum absolute atomic E-state index is 12.9. The third-order valence-electron chi connectivity index (χ3n) is 4.12. The minimum Gasteiger partial charge on any atom is -0.468 e. The third kappa shape index (κ3) is 4.60. The van der Waals surface area contributed by atoms with Gasteiger partial charge >= 0.3 is 6.18 Å². The largest absolute Gasteiger partial charge is 0.468 e. The molecular formula is C19H18F3N3O2S. The minimum absolute atomic E-state index is 0.152. The van der Waals surface area contributed by atoms with Crippen molar-refractivity contribution < 1.29 is 22.4 Å². The number of benzene rings is 1. The number of furan rings is 1. The summed E-state index contributed by atoms with van der Waals surface area (Å²) in [5.74, 6) is 0.320. The lowest BCUT2D eigenvalue weighted by Crippen LogP contribution is -2.34. The molecule has 0 saturated heterocycles. The van der Waals surface area contributed by atoms with Crippen LogP contribution >= 0.6 is 11.3 Å². The minimum atomic E-state index is -4.43. The standard InChI is InChI=1S/C19H18F3N3O2S/c1-25(2)15(16-7-4-8-27-16)10-23-17(26)14-11-28-18(24-14)12-5-3-6-13(9-12)19(20,21)22/h3-9,11,15H,10H2,1-2H3,(H,23,26). The molecule has 1 N–H and O–H groups in total. The Morgan fingerprint density at radius 3 is 2.71 bits per heavy atom. The van der Waals surface area contributed by atoms with Crippen molar-refractivity contribution in [1.29, 1.82) is 0 Å². The molecule has 148 valence electrons. The third-order valence-corrected chi connectivity index (χ3v) is 5.02. The van der Waals surface area contributed by atoms with Gasteiger partial charge in [0, 0.05) is 17.5 Å². The average Bonchev–Trinajstić information content (AvgIpc) is 3.33. The van der Waals surface area contributed by atoms with Crippen molar-refractivity contribution >= 4 is 17.2 Å². The van der Waals surface area contributed by atoms with E-state index < -0.39 is 17.6 Å². The molecule has 0 aliphatic heterocycles. The van der Waals surface area contributed by atoms with Gasteiger partial charge in [-0.05, 0) is 38.4 Å².